The van der Waals surface area contributed by atoms with Gasteiger partial charge in [-0.3, -0.25) is 0 Å². The zero-order valence-corrected chi connectivity index (χ0v) is 13.2. The molecule has 118 valence electrons. The number of nitrogens with one attached hydrogen (secondary N) is 2. The second kappa shape index (κ2) is 7.64. The number of hydrogen-bond acceptors (Lipinski definition) is 2. The van der Waals surface area contributed by atoms with E-state index in [-0.39, 0.29) is 5.82 Å². The number of hydrogen-bond donors (Lipinski definition) is 2. The maximum Gasteiger partial charge on any atom is 0.191 e. The third-order valence-corrected chi connectivity index (χ3v) is 3.27. The Morgan fingerprint density at radius 3 is 2.50 bits per heavy atom. The number of nitrogens with zero attached hydrogens (tertiary/aromatic N) is 1. The Kier molecular flexibility index (Phi) is 5.58. The maximum absolute atomic E-state index is 12.9. The number of benzene rings is 1. The van der Waals surface area contributed by atoms with E-state index in [0.29, 0.717) is 13.1 Å². The van der Waals surface area contributed by atoms with Gasteiger partial charge in [-0.1, -0.05) is 12.1 Å². The third kappa shape index (κ3) is 4.62. The molecule has 5 heteroatoms. The SMILES string of the molecule is CCNC(=NCc1ccc(F)cc1)NCc1cc(C)oc1C. The second-order valence-corrected chi connectivity index (χ2v) is 5.11. The number of halogens is 1. The van der Waals surface area contributed by atoms with Crippen molar-refractivity contribution in [2.75, 3.05) is 6.54 Å². The molecule has 0 fully saturated rings. The Hall–Kier alpha value is -2.30. The van der Waals surface area contributed by atoms with Gasteiger partial charge >= 0.3 is 0 Å². The van der Waals surface area contributed by atoms with Crippen LogP contribution < -0.4 is 10.6 Å². The molecule has 0 amide bonds. The highest BCUT2D eigenvalue weighted by Gasteiger charge is 2.05. The second-order valence-electron chi connectivity index (χ2n) is 5.11. The summed E-state index contributed by atoms with van der Waals surface area (Å²) in [5, 5.41) is 6.47. The van der Waals surface area contributed by atoms with E-state index in [9.17, 15) is 4.39 Å². The smallest absolute Gasteiger partial charge is 0.191 e. The van der Waals surface area contributed by atoms with Crippen LogP contribution in [0.3, 0.4) is 0 Å². The predicted molar refractivity (Wildman–Crippen MR) is 86.2 cm³/mol. The lowest BCUT2D eigenvalue weighted by molar-refractivity contribution is 0.500. The normalized spacial score (nSPS) is 11.5. The van der Waals surface area contributed by atoms with Gasteiger partial charge < -0.3 is 15.1 Å². The Labute approximate surface area is 130 Å². The summed E-state index contributed by atoms with van der Waals surface area (Å²) in [6, 6.07) is 8.40. The lowest BCUT2D eigenvalue weighted by Crippen LogP contribution is -2.36. The molecule has 2 aromatic rings. The molecule has 0 bridgehead atoms. The molecule has 2 rings (SSSR count). The zero-order chi connectivity index (χ0) is 15.9. The molecule has 1 aromatic carbocycles. The number of rotatable bonds is 5. The van der Waals surface area contributed by atoms with Gasteiger partial charge in [0.05, 0.1) is 6.54 Å². The monoisotopic (exact) mass is 303 g/mol. The molecule has 2 N–H and O–H groups in total. The van der Waals surface area contributed by atoms with Crippen molar-refractivity contribution >= 4 is 5.96 Å². The number of guanidine groups is 1. The zero-order valence-electron chi connectivity index (χ0n) is 13.2. The quantitative estimate of drug-likeness (QED) is 0.658. The fourth-order valence-corrected chi connectivity index (χ4v) is 2.14. The van der Waals surface area contributed by atoms with Gasteiger partial charge in [-0.2, -0.15) is 0 Å². The van der Waals surface area contributed by atoms with E-state index in [0.717, 1.165) is 35.2 Å². The first-order chi connectivity index (χ1) is 10.6. The highest BCUT2D eigenvalue weighted by Crippen LogP contribution is 2.13. The summed E-state index contributed by atoms with van der Waals surface area (Å²) in [7, 11) is 0. The van der Waals surface area contributed by atoms with E-state index in [1.807, 2.05) is 26.8 Å². The molecule has 0 unspecified atom stereocenters. The summed E-state index contributed by atoms with van der Waals surface area (Å²) in [6.45, 7) is 7.83. The maximum atomic E-state index is 12.9. The van der Waals surface area contributed by atoms with Gasteiger partial charge in [0.15, 0.2) is 5.96 Å². The molecule has 0 atom stereocenters. The molecule has 0 saturated carbocycles. The van der Waals surface area contributed by atoms with Gasteiger partial charge in [0.1, 0.15) is 17.3 Å². The molecule has 4 nitrogen and oxygen atoms in total. The minimum Gasteiger partial charge on any atom is -0.466 e. The average Bonchev–Trinajstić information content (AvgIpc) is 2.81. The molecular weight excluding hydrogens is 281 g/mol. The van der Waals surface area contributed by atoms with Crippen molar-refractivity contribution in [1.29, 1.82) is 0 Å². The van der Waals surface area contributed by atoms with Crippen LogP contribution in [0.1, 0.15) is 29.6 Å². The summed E-state index contributed by atoms with van der Waals surface area (Å²) in [5.74, 6) is 2.32. The molecule has 22 heavy (non-hydrogen) atoms. The van der Waals surface area contributed by atoms with E-state index in [4.69, 9.17) is 4.42 Å². The van der Waals surface area contributed by atoms with Crippen LogP contribution in [0.5, 0.6) is 0 Å². The van der Waals surface area contributed by atoms with E-state index in [1.54, 1.807) is 12.1 Å². The van der Waals surface area contributed by atoms with Crippen molar-refractivity contribution in [3.05, 3.63) is 58.8 Å². The van der Waals surface area contributed by atoms with Crippen molar-refractivity contribution in [2.45, 2.75) is 33.9 Å². The van der Waals surface area contributed by atoms with Crippen molar-refractivity contribution in [2.24, 2.45) is 4.99 Å². The van der Waals surface area contributed by atoms with Crippen molar-refractivity contribution in [3.63, 3.8) is 0 Å². The van der Waals surface area contributed by atoms with Crippen LogP contribution in [0, 0.1) is 19.7 Å². The molecule has 0 radical (unpaired) electrons. The van der Waals surface area contributed by atoms with E-state index in [2.05, 4.69) is 15.6 Å². The third-order valence-electron chi connectivity index (χ3n) is 3.27. The molecule has 0 aliphatic rings. The van der Waals surface area contributed by atoms with Crippen LogP contribution in [0.15, 0.2) is 39.7 Å². The summed E-state index contributed by atoms with van der Waals surface area (Å²) in [4.78, 5) is 4.51. The van der Waals surface area contributed by atoms with Crippen LogP contribution in [0.25, 0.3) is 0 Å². The minimum atomic E-state index is -0.233. The fourth-order valence-electron chi connectivity index (χ4n) is 2.14. The minimum absolute atomic E-state index is 0.233. The number of aliphatic imine (C=N–C) groups is 1. The van der Waals surface area contributed by atoms with Crippen molar-refractivity contribution in [3.8, 4) is 0 Å². The first-order valence-corrected chi connectivity index (χ1v) is 7.41. The van der Waals surface area contributed by atoms with Crippen LogP contribution >= 0.6 is 0 Å². The van der Waals surface area contributed by atoms with E-state index in [1.165, 1.54) is 12.1 Å². The summed E-state index contributed by atoms with van der Waals surface area (Å²) >= 11 is 0. The molecule has 0 aliphatic heterocycles. The summed E-state index contributed by atoms with van der Waals surface area (Å²) < 4.78 is 18.4. The van der Waals surface area contributed by atoms with Gasteiger partial charge in [-0.05, 0) is 44.5 Å². The fraction of sp³-hybridized carbons (Fsp3) is 0.353. The van der Waals surface area contributed by atoms with Crippen LogP contribution in [-0.2, 0) is 13.1 Å². The standard InChI is InChI=1S/C17H22FN3O/c1-4-19-17(20-10-14-5-7-16(18)8-6-14)21-11-15-9-12(2)22-13(15)3/h5-9H,4,10-11H2,1-3H3,(H2,19,20,21). The number of aryl methyl sites for hydroxylation is 2. The molecule has 0 spiro atoms. The van der Waals surface area contributed by atoms with Gasteiger partial charge in [-0.15, -0.1) is 0 Å². The number of furan rings is 1. The van der Waals surface area contributed by atoms with Crippen LogP contribution in [0.4, 0.5) is 4.39 Å². The first kappa shape index (κ1) is 16.1. The highest BCUT2D eigenvalue weighted by molar-refractivity contribution is 5.79. The van der Waals surface area contributed by atoms with Gasteiger partial charge in [-0.25, -0.2) is 9.38 Å². The highest BCUT2D eigenvalue weighted by atomic mass is 19.1. The summed E-state index contributed by atoms with van der Waals surface area (Å²) in [5.41, 5.74) is 2.08. The van der Waals surface area contributed by atoms with Crippen molar-refractivity contribution < 1.29 is 8.81 Å². The Bertz CT molecular complexity index is 632. The summed E-state index contributed by atoms with van der Waals surface area (Å²) in [6.07, 6.45) is 0. The largest absolute Gasteiger partial charge is 0.466 e. The van der Waals surface area contributed by atoms with Gasteiger partial charge in [0.25, 0.3) is 0 Å². The first-order valence-electron chi connectivity index (χ1n) is 7.41. The molecular formula is C17H22FN3O. The molecule has 0 aliphatic carbocycles. The lowest BCUT2D eigenvalue weighted by atomic mass is 10.2. The molecule has 1 aromatic heterocycles. The lowest BCUT2D eigenvalue weighted by Gasteiger charge is -2.11. The van der Waals surface area contributed by atoms with E-state index >= 15 is 0 Å². The Morgan fingerprint density at radius 2 is 1.91 bits per heavy atom. The Morgan fingerprint density at radius 1 is 1.18 bits per heavy atom. The Balaban J connectivity index is 1.97. The van der Waals surface area contributed by atoms with Crippen LogP contribution in [-0.4, -0.2) is 12.5 Å². The van der Waals surface area contributed by atoms with Gasteiger partial charge in [0, 0.05) is 18.7 Å². The topological polar surface area (TPSA) is 49.6 Å². The van der Waals surface area contributed by atoms with Crippen LogP contribution in [0.2, 0.25) is 0 Å². The molecule has 0 saturated heterocycles. The van der Waals surface area contributed by atoms with Crippen molar-refractivity contribution in [1.82, 2.24) is 10.6 Å². The molecule has 1 heterocycles. The van der Waals surface area contributed by atoms with Gasteiger partial charge in [0.2, 0.25) is 0 Å². The predicted octanol–water partition coefficient (Wildman–Crippen LogP) is 3.29. The van der Waals surface area contributed by atoms with E-state index < -0.39 is 0 Å². The average molecular weight is 303 g/mol.